The summed E-state index contributed by atoms with van der Waals surface area (Å²) in [5.41, 5.74) is 0.931. The van der Waals surface area contributed by atoms with Crippen LogP contribution in [0.5, 0.6) is 0 Å². The van der Waals surface area contributed by atoms with Crippen molar-refractivity contribution < 1.29 is 14.6 Å². The van der Waals surface area contributed by atoms with Crippen LogP contribution in [0.15, 0.2) is 0 Å². The molecule has 8 heteroatoms. The average molecular weight is 392 g/mol. The minimum atomic E-state index is -0.904. The predicted octanol–water partition coefficient (Wildman–Crippen LogP) is 0.847. The Bertz CT molecular complexity index is 718. The molecule has 0 spiro atoms. The first-order valence-electron chi connectivity index (χ1n) is 10.0. The van der Waals surface area contributed by atoms with Crippen LogP contribution in [0.2, 0.25) is 0 Å². The van der Waals surface area contributed by atoms with E-state index in [1.165, 1.54) is 4.90 Å². The monoisotopic (exact) mass is 391 g/mol. The fourth-order valence-corrected chi connectivity index (χ4v) is 3.97. The number of hydrogen-bond acceptors (Lipinski definition) is 7. The molecule has 8 nitrogen and oxygen atoms in total. The van der Waals surface area contributed by atoms with Gasteiger partial charge in [0.05, 0.1) is 5.60 Å². The molecule has 2 saturated heterocycles. The van der Waals surface area contributed by atoms with E-state index in [2.05, 4.69) is 33.9 Å². The number of likely N-dealkylation sites (N-methyl/N-ethyl adjacent to an activating group) is 2. The van der Waals surface area contributed by atoms with E-state index in [4.69, 9.17) is 4.74 Å². The second-order valence-electron chi connectivity index (χ2n) is 8.43. The topological polar surface area (TPSA) is 82.0 Å². The van der Waals surface area contributed by atoms with E-state index in [-0.39, 0.29) is 18.3 Å². The van der Waals surface area contributed by atoms with Crippen LogP contribution in [0, 0.1) is 13.8 Å². The normalized spacial score (nSPS) is 22.0. The van der Waals surface area contributed by atoms with Gasteiger partial charge in [-0.2, -0.15) is 0 Å². The van der Waals surface area contributed by atoms with Gasteiger partial charge in [-0.25, -0.2) is 9.97 Å². The molecule has 1 amide bonds. The van der Waals surface area contributed by atoms with Crippen LogP contribution < -0.4 is 4.90 Å². The lowest BCUT2D eigenvalue weighted by atomic mass is 9.94. The van der Waals surface area contributed by atoms with Gasteiger partial charge in [0.2, 0.25) is 5.82 Å². The molecule has 156 valence electrons. The second-order valence-corrected chi connectivity index (χ2v) is 8.43. The van der Waals surface area contributed by atoms with E-state index in [1.54, 1.807) is 7.05 Å². The van der Waals surface area contributed by atoms with E-state index in [9.17, 15) is 9.90 Å². The fraction of sp³-hybridized carbons (Fsp3) is 0.750. The van der Waals surface area contributed by atoms with Gasteiger partial charge < -0.3 is 24.5 Å². The molecule has 3 heterocycles. The highest BCUT2D eigenvalue weighted by Gasteiger charge is 2.34. The van der Waals surface area contributed by atoms with Crippen molar-refractivity contribution in [3.8, 4) is 0 Å². The summed E-state index contributed by atoms with van der Waals surface area (Å²) in [4.78, 5) is 28.1. The predicted molar refractivity (Wildman–Crippen MR) is 108 cm³/mol. The molecule has 0 aliphatic carbocycles. The highest BCUT2D eigenvalue weighted by Crippen LogP contribution is 2.26. The minimum absolute atomic E-state index is 0.199. The molecular weight excluding hydrogens is 358 g/mol. The molecule has 0 bridgehead atoms. The first-order valence-corrected chi connectivity index (χ1v) is 10.0. The number of anilines is 1. The molecule has 0 unspecified atom stereocenters. The maximum atomic E-state index is 13.0. The van der Waals surface area contributed by atoms with Crippen LogP contribution in [0.3, 0.4) is 0 Å². The van der Waals surface area contributed by atoms with Crippen molar-refractivity contribution in [3.05, 3.63) is 17.1 Å². The van der Waals surface area contributed by atoms with Gasteiger partial charge >= 0.3 is 0 Å². The summed E-state index contributed by atoms with van der Waals surface area (Å²) in [6.07, 6.45) is 2.14. The number of amides is 1. The number of nitrogens with zero attached hydrogens (tertiary/aromatic N) is 5. The number of aryl methyl sites for hydroxylation is 1. The van der Waals surface area contributed by atoms with E-state index < -0.39 is 5.60 Å². The van der Waals surface area contributed by atoms with Crippen LogP contribution in [0.25, 0.3) is 0 Å². The van der Waals surface area contributed by atoms with Crippen molar-refractivity contribution in [2.45, 2.75) is 44.8 Å². The summed E-state index contributed by atoms with van der Waals surface area (Å²) < 4.78 is 5.32. The number of carbonyl (C=O) groups is 1. The SMILES string of the molecule is Cc1nc(C(=O)N(C)CC2(O)CCOCC2)nc(N2CC[C@@H](N(C)C)C2)c1C. The van der Waals surface area contributed by atoms with Crippen molar-refractivity contribution in [2.24, 2.45) is 0 Å². The van der Waals surface area contributed by atoms with Gasteiger partial charge in [0, 0.05) is 70.0 Å². The third kappa shape index (κ3) is 4.45. The molecule has 3 rings (SSSR count). The summed E-state index contributed by atoms with van der Waals surface area (Å²) in [5.74, 6) is 0.788. The molecule has 1 N–H and O–H groups in total. The second kappa shape index (κ2) is 8.31. The lowest BCUT2D eigenvalue weighted by Gasteiger charge is -2.35. The highest BCUT2D eigenvalue weighted by molar-refractivity contribution is 5.91. The molecule has 1 aromatic rings. The quantitative estimate of drug-likeness (QED) is 0.797. The van der Waals surface area contributed by atoms with Crippen LogP contribution in [0.1, 0.15) is 41.1 Å². The Morgan fingerprint density at radius 3 is 2.54 bits per heavy atom. The summed E-state index contributed by atoms with van der Waals surface area (Å²) in [5, 5.41) is 10.7. The largest absolute Gasteiger partial charge is 0.388 e. The van der Waals surface area contributed by atoms with Gasteiger partial charge in [-0.15, -0.1) is 0 Å². The summed E-state index contributed by atoms with van der Waals surface area (Å²) in [6.45, 7) is 7.04. The molecule has 0 radical (unpaired) electrons. The van der Waals surface area contributed by atoms with E-state index in [1.807, 2.05) is 13.8 Å². The zero-order valence-electron chi connectivity index (χ0n) is 17.7. The zero-order chi connectivity index (χ0) is 20.5. The maximum absolute atomic E-state index is 13.0. The Balaban J connectivity index is 1.78. The van der Waals surface area contributed by atoms with Crippen molar-refractivity contribution >= 4 is 11.7 Å². The van der Waals surface area contributed by atoms with Crippen molar-refractivity contribution in [1.82, 2.24) is 19.8 Å². The molecule has 0 saturated carbocycles. The number of aliphatic hydroxyl groups is 1. The lowest BCUT2D eigenvalue weighted by molar-refractivity contribution is -0.0735. The number of carbonyl (C=O) groups excluding carboxylic acids is 1. The molecule has 28 heavy (non-hydrogen) atoms. The molecule has 2 aliphatic rings. The van der Waals surface area contributed by atoms with Gasteiger partial charge in [-0.1, -0.05) is 0 Å². The first-order chi connectivity index (χ1) is 13.2. The van der Waals surface area contributed by atoms with E-state index >= 15 is 0 Å². The van der Waals surface area contributed by atoms with Crippen LogP contribution >= 0.6 is 0 Å². The first kappa shape index (κ1) is 21.0. The van der Waals surface area contributed by atoms with E-state index in [0.717, 1.165) is 36.6 Å². The van der Waals surface area contributed by atoms with Gasteiger partial charge in [0.15, 0.2) is 0 Å². The van der Waals surface area contributed by atoms with Gasteiger partial charge in [0.1, 0.15) is 5.82 Å². The molecule has 1 atom stereocenters. The van der Waals surface area contributed by atoms with Gasteiger partial charge in [-0.3, -0.25) is 4.79 Å². The van der Waals surface area contributed by atoms with Crippen LogP contribution in [-0.2, 0) is 4.74 Å². The Hall–Kier alpha value is -1.77. The third-order valence-corrected chi connectivity index (χ3v) is 6.05. The minimum Gasteiger partial charge on any atom is -0.388 e. The van der Waals surface area contributed by atoms with Crippen LogP contribution in [-0.4, -0.2) is 96.4 Å². The Kier molecular flexibility index (Phi) is 6.21. The van der Waals surface area contributed by atoms with Crippen molar-refractivity contribution in [1.29, 1.82) is 0 Å². The zero-order valence-corrected chi connectivity index (χ0v) is 17.7. The Morgan fingerprint density at radius 1 is 1.25 bits per heavy atom. The smallest absolute Gasteiger partial charge is 0.291 e. The number of ether oxygens (including phenoxy) is 1. The van der Waals surface area contributed by atoms with Crippen molar-refractivity contribution in [3.63, 3.8) is 0 Å². The molecule has 2 aliphatic heterocycles. The maximum Gasteiger partial charge on any atom is 0.291 e. The molecule has 0 aromatic carbocycles. The van der Waals surface area contributed by atoms with E-state index in [0.29, 0.717) is 32.1 Å². The summed E-state index contributed by atoms with van der Waals surface area (Å²) in [7, 11) is 5.89. The highest BCUT2D eigenvalue weighted by atomic mass is 16.5. The summed E-state index contributed by atoms with van der Waals surface area (Å²) >= 11 is 0. The number of aromatic nitrogens is 2. The van der Waals surface area contributed by atoms with Gasteiger partial charge in [0.25, 0.3) is 5.91 Å². The average Bonchev–Trinajstić information content (AvgIpc) is 3.13. The number of rotatable bonds is 5. The molecule has 1 aromatic heterocycles. The van der Waals surface area contributed by atoms with Gasteiger partial charge in [-0.05, 0) is 34.4 Å². The van der Waals surface area contributed by atoms with Crippen LogP contribution in [0.4, 0.5) is 5.82 Å². The standard InChI is InChI=1S/C20H33N5O3/c1-14-15(2)21-17(22-18(14)25-9-6-16(12-25)23(3)4)19(26)24(5)13-20(27)7-10-28-11-8-20/h16,27H,6-13H2,1-5H3/t16-/m1/s1. The summed E-state index contributed by atoms with van der Waals surface area (Å²) in [6, 6.07) is 0.485. The molecule has 2 fully saturated rings. The lowest BCUT2D eigenvalue weighted by Crippen LogP contribution is -2.47. The molecular formula is C20H33N5O3. The Labute approximate surface area is 167 Å². The fourth-order valence-electron chi connectivity index (χ4n) is 3.97. The number of hydrogen-bond donors (Lipinski definition) is 1. The third-order valence-electron chi connectivity index (χ3n) is 6.05. The Morgan fingerprint density at radius 2 is 1.93 bits per heavy atom. The van der Waals surface area contributed by atoms with Crippen molar-refractivity contribution in [2.75, 3.05) is 58.9 Å².